The Bertz CT molecular complexity index is 165. The Balaban J connectivity index is 0.000000211. The van der Waals surface area contributed by atoms with Crippen LogP contribution >= 0.6 is 0 Å². The molecule has 0 aliphatic carbocycles. The highest BCUT2D eigenvalue weighted by Crippen LogP contribution is 1.91. The number of aliphatic carboxylic acids is 1. The number of carbonyl (C=O) groups is 1. The van der Waals surface area contributed by atoms with Gasteiger partial charge in [0.05, 0.1) is 0 Å². The molecule has 12 heavy (non-hydrogen) atoms. The number of carboxylic acid groups (broad SMARTS) is 1. The van der Waals surface area contributed by atoms with E-state index in [0.717, 1.165) is 12.8 Å². The highest BCUT2D eigenvalue weighted by molar-refractivity contribution is 5.66. The maximum absolute atomic E-state index is 9.76. The van der Waals surface area contributed by atoms with Crippen LogP contribution in [-0.4, -0.2) is 16.1 Å². The number of rotatable bonds is 3. The zero-order chi connectivity index (χ0) is 9.23. The van der Waals surface area contributed by atoms with Gasteiger partial charge in [0.1, 0.15) is 0 Å². The maximum Gasteiger partial charge on any atom is 0.303 e. The number of aromatic nitrogens is 1. The lowest BCUT2D eigenvalue weighted by molar-refractivity contribution is -0.137. The summed E-state index contributed by atoms with van der Waals surface area (Å²) in [7, 11) is 0. The van der Waals surface area contributed by atoms with E-state index in [9.17, 15) is 4.79 Å². The lowest BCUT2D eigenvalue weighted by Crippen LogP contribution is -1.91. The molecule has 0 amide bonds. The first-order chi connectivity index (χ1) is 5.77. The van der Waals surface area contributed by atoms with E-state index in [1.54, 1.807) is 0 Å². The summed E-state index contributed by atoms with van der Waals surface area (Å²) in [5.41, 5.74) is 0. The molecule has 3 heteroatoms. The molecule has 0 fully saturated rings. The first-order valence-electron chi connectivity index (χ1n) is 4.07. The van der Waals surface area contributed by atoms with Gasteiger partial charge in [-0.3, -0.25) is 4.79 Å². The van der Waals surface area contributed by atoms with E-state index in [4.69, 9.17) is 5.11 Å². The average molecular weight is 169 g/mol. The molecular weight excluding hydrogens is 154 g/mol. The van der Waals surface area contributed by atoms with E-state index in [1.165, 1.54) is 0 Å². The summed E-state index contributed by atoms with van der Waals surface area (Å²) in [6.07, 6.45) is 5.83. The van der Waals surface area contributed by atoms with Crippen molar-refractivity contribution in [1.29, 1.82) is 0 Å². The SMILES string of the molecule is CCCCC(=O)O.c1cc[nH]c1. The fourth-order valence-corrected chi connectivity index (χ4v) is 0.606. The van der Waals surface area contributed by atoms with Gasteiger partial charge in [0.2, 0.25) is 0 Å². The molecule has 0 aliphatic heterocycles. The minimum Gasteiger partial charge on any atom is -0.481 e. The van der Waals surface area contributed by atoms with Crippen molar-refractivity contribution in [3.63, 3.8) is 0 Å². The van der Waals surface area contributed by atoms with Crippen LogP contribution in [-0.2, 0) is 4.79 Å². The van der Waals surface area contributed by atoms with Gasteiger partial charge in [-0.2, -0.15) is 0 Å². The number of carboxylic acids is 1. The van der Waals surface area contributed by atoms with Gasteiger partial charge in [-0.1, -0.05) is 13.3 Å². The number of nitrogens with one attached hydrogen (secondary N) is 1. The third-order valence-electron chi connectivity index (χ3n) is 1.24. The van der Waals surface area contributed by atoms with Crippen LogP contribution in [0.25, 0.3) is 0 Å². The lowest BCUT2D eigenvalue weighted by atomic mass is 10.3. The predicted molar refractivity (Wildman–Crippen MR) is 48.0 cm³/mol. The Hall–Kier alpha value is -1.25. The van der Waals surface area contributed by atoms with Crippen LogP contribution in [0.15, 0.2) is 24.5 Å². The molecule has 0 atom stereocenters. The van der Waals surface area contributed by atoms with Gasteiger partial charge in [-0.05, 0) is 18.6 Å². The van der Waals surface area contributed by atoms with Crippen LogP contribution in [0, 0.1) is 0 Å². The van der Waals surface area contributed by atoms with Crippen molar-refractivity contribution in [3.8, 4) is 0 Å². The van der Waals surface area contributed by atoms with Crippen LogP contribution < -0.4 is 0 Å². The second-order valence-electron chi connectivity index (χ2n) is 2.38. The van der Waals surface area contributed by atoms with Crippen LogP contribution in [0.4, 0.5) is 0 Å². The third-order valence-corrected chi connectivity index (χ3v) is 1.24. The van der Waals surface area contributed by atoms with Gasteiger partial charge in [0, 0.05) is 18.8 Å². The summed E-state index contributed by atoms with van der Waals surface area (Å²) >= 11 is 0. The molecule has 1 heterocycles. The Morgan fingerprint density at radius 2 is 2.00 bits per heavy atom. The Morgan fingerprint density at radius 3 is 2.17 bits per heavy atom. The van der Waals surface area contributed by atoms with Crippen molar-refractivity contribution in [2.75, 3.05) is 0 Å². The van der Waals surface area contributed by atoms with Crippen molar-refractivity contribution < 1.29 is 9.90 Å². The monoisotopic (exact) mass is 169 g/mol. The fraction of sp³-hybridized carbons (Fsp3) is 0.444. The number of aromatic amines is 1. The van der Waals surface area contributed by atoms with Crippen molar-refractivity contribution in [3.05, 3.63) is 24.5 Å². The Labute approximate surface area is 72.4 Å². The number of hydrogen-bond donors (Lipinski definition) is 2. The molecule has 0 bridgehead atoms. The van der Waals surface area contributed by atoms with E-state index in [-0.39, 0.29) is 0 Å². The van der Waals surface area contributed by atoms with Crippen molar-refractivity contribution in [1.82, 2.24) is 4.98 Å². The van der Waals surface area contributed by atoms with Gasteiger partial charge in [-0.15, -0.1) is 0 Å². The topological polar surface area (TPSA) is 53.1 Å². The second-order valence-corrected chi connectivity index (χ2v) is 2.38. The summed E-state index contributed by atoms with van der Waals surface area (Å²) in [6.45, 7) is 1.98. The Kier molecular flexibility index (Phi) is 7.03. The molecule has 0 saturated carbocycles. The standard InChI is InChI=1S/C5H10O2.C4H5N/c1-2-3-4-5(6)7;1-2-4-5-3-1/h2-4H2,1H3,(H,6,7);1-5H. The quantitative estimate of drug-likeness (QED) is 0.729. The average Bonchev–Trinajstić information content (AvgIpc) is 2.57. The molecule has 2 N–H and O–H groups in total. The highest BCUT2D eigenvalue weighted by Gasteiger charge is 1.90. The van der Waals surface area contributed by atoms with Crippen LogP contribution in [0.3, 0.4) is 0 Å². The minimum atomic E-state index is -0.693. The van der Waals surface area contributed by atoms with Gasteiger partial charge in [0.25, 0.3) is 0 Å². The highest BCUT2D eigenvalue weighted by atomic mass is 16.4. The number of H-pyrrole nitrogens is 1. The number of unbranched alkanes of at least 4 members (excludes halogenated alkanes) is 1. The van der Waals surface area contributed by atoms with Crippen molar-refractivity contribution in [2.24, 2.45) is 0 Å². The third kappa shape index (κ3) is 8.75. The van der Waals surface area contributed by atoms with Crippen molar-refractivity contribution >= 4 is 5.97 Å². The minimum absolute atomic E-state index is 0.316. The maximum atomic E-state index is 9.76. The fourth-order valence-electron chi connectivity index (χ4n) is 0.606. The second kappa shape index (κ2) is 7.85. The largest absolute Gasteiger partial charge is 0.481 e. The summed E-state index contributed by atoms with van der Waals surface area (Å²) in [6, 6.07) is 3.89. The molecule has 1 rings (SSSR count). The molecule has 0 aromatic carbocycles. The van der Waals surface area contributed by atoms with Gasteiger partial charge in [-0.25, -0.2) is 0 Å². The first-order valence-corrected chi connectivity index (χ1v) is 4.07. The molecule has 0 radical (unpaired) electrons. The van der Waals surface area contributed by atoms with E-state index < -0.39 is 5.97 Å². The van der Waals surface area contributed by atoms with Gasteiger partial charge in [0.15, 0.2) is 0 Å². The first kappa shape index (κ1) is 10.8. The predicted octanol–water partition coefficient (Wildman–Crippen LogP) is 2.28. The summed E-state index contributed by atoms with van der Waals surface area (Å²) in [5.74, 6) is -0.693. The van der Waals surface area contributed by atoms with Crippen LogP contribution in [0.2, 0.25) is 0 Å². The van der Waals surface area contributed by atoms with E-state index >= 15 is 0 Å². The molecule has 1 aromatic heterocycles. The van der Waals surface area contributed by atoms with E-state index in [1.807, 2.05) is 31.5 Å². The van der Waals surface area contributed by atoms with Crippen LogP contribution in [0.5, 0.6) is 0 Å². The van der Waals surface area contributed by atoms with Gasteiger partial charge >= 0.3 is 5.97 Å². The molecule has 0 unspecified atom stereocenters. The normalized spacial score (nSPS) is 8.42. The van der Waals surface area contributed by atoms with E-state index in [2.05, 4.69) is 4.98 Å². The zero-order valence-electron chi connectivity index (χ0n) is 7.29. The number of hydrogen-bond acceptors (Lipinski definition) is 1. The zero-order valence-corrected chi connectivity index (χ0v) is 7.29. The molecule has 1 aromatic rings. The lowest BCUT2D eigenvalue weighted by Gasteiger charge is -1.85. The summed E-state index contributed by atoms with van der Waals surface area (Å²) < 4.78 is 0. The van der Waals surface area contributed by atoms with E-state index in [0.29, 0.717) is 6.42 Å². The summed E-state index contributed by atoms with van der Waals surface area (Å²) in [4.78, 5) is 12.6. The smallest absolute Gasteiger partial charge is 0.303 e. The molecule has 0 spiro atoms. The Morgan fingerprint density at radius 1 is 1.42 bits per heavy atom. The molecular formula is C9H15NO2. The molecule has 0 saturated heterocycles. The molecule has 0 aliphatic rings. The summed E-state index contributed by atoms with van der Waals surface area (Å²) in [5, 5.41) is 8.04. The van der Waals surface area contributed by atoms with Crippen molar-refractivity contribution in [2.45, 2.75) is 26.2 Å². The molecule has 68 valence electrons. The van der Waals surface area contributed by atoms with Crippen LogP contribution in [0.1, 0.15) is 26.2 Å². The van der Waals surface area contributed by atoms with Gasteiger partial charge < -0.3 is 10.1 Å². The molecule has 3 nitrogen and oxygen atoms in total.